The van der Waals surface area contributed by atoms with Crippen LogP contribution in [0, 0.1) is 5.82 Å². The number of ether oxygens (including phenoxy) is 1. The number of anilines is 1. The molecule has 0 aliphatic carbocycles. The van der Waals surface area contributed by atoms with Crippen LogP contribution in [0.1, 0.15) is 19.3 Å². The van der Waals surface area contributed by atoms with E-state index in [1.54, 1.807) is 0 Å². The van der Waals surface area contributed by atoms with Crippen molar-refractivity contribution in [1.29, 1.82) is 0 Å². The summed E-state index contributed by atoms with van der Waals surface area (Å²) in [6.45, 7) is 0.975. The Balaban J connectivity index is 0.00000180. The summed E-state index contributed by atoms with van der Waals surface area (Å²) >= 11 is 0. The maximum Gasteiger partial charge on any atom is 0.225 e. The highest BCUT2D eigenvalue weighted by Crippen LogP contribution is 2.21. The van der Waals surface area contributed by atoms with E-state index in [1.165, 1.54) is 25.3 Å². The standard InChI is InChI=1S/C13H17FN2O2.ClH/c1-18-12-7-10(4-5-11(12)14)16-13(17)8-9-3-2-6-15-9;/h4-5,7,9,15H,2-3,6,8H2,1H3,(H,16,17);1H. The Morgan fingerprint density at radius 2 is 2.37 bits per heavy atom. The minimum Gasteiger partial charge on any atom is -0.494 e. The second-order valence-corrected chi connectivity index (χ2v) is 4.39. The number of hydrogen-bond acceptors (Lipinski definition) is 3. The van der Waals surface area contributed by atoms with Crippen molar-refractivity contribution in [3.8, 4) is 5.75 Å². The lowest BCUT2D eigenvalue weighted by molar-refractivity contribution is -0.116. The Labute approximate surface area is 118 Å². The number of halogens is 2. The fraction of sp³-hybridized carbons (Fsp3) is 0.462. The van der Waals surface area contributed by atoms with Gasteiger partial charge in [-0.1, -0.05) is 0 Å². The molecule has 4 nitrogen and oxygen atoms in total. The van der Waals surface area contributed by atoms with Gasteiger partial charge >= 0.3 is 0 Å². The summed E-state index contributed by atoms with van der Waals surface area (Å²) in [7, 11) is 1.40. The molecule has 1 aliphatic rings. The molecule has 1 aromatic rings. The topological polar surface area (TPSA) is 50.4 Å². The number of carbonyl (C=O) groups is 1. The van der Waals surface area contributed by atoms with Gasteiger partial charge in [0.15, 0.2) is 11.6 Å². The van der Waals surface area contributed by atoms with Gasteiger partial charge in [0.05, 0.1) is 7.11 Å². The van der Waals surface area contributed by atoms with E-state index in [2.05, 4.69) is 10.6 Å². The van der Waals surface area contributed by atoms with E-state index in [9.17, 15) is 9.18 Å². The minimum atomic E-state index is -0.437. The van der Waals surface area contributed by atoms with Gasteiger partial charge in [-0.2, -0.15) is 0 Å². The predicted molar refractivity (Wildman–Crippen MR) is 74.5 cm³/mol. The number of methoxy groups -OCH3 is 1. The third-order valence-electron chi connectivity index (χ3n) is 3.03. The van der Waals surface area contributed by atoms with Crippen LogP contribution in [0.5, 0.6) is 5.75 Å². The smallest absolute Gasteiger partial charge is 0.225 e. The Morgan fingerprint density at radius 3 is 3.00 bits per heavy atom. The van der Waals surface area contributed by atoms with Gasteiger partial charge in [0.1, 0.15) is 0 Å². The second-order valence-electron chi connectivity index (χ2n) is 4.39. The summed E-state index contributed by atoms with van der Waals surface area (Å²) < 4.78 is 18.0. The molecule has 19 heavy (non-hydrogen) atoms. The maximum atomic E-state index is 13.2. The molecule has 1 heterocycles. The summed E-state index contributed by atoms with van der Waals surface area (Å²) in [6, 6.07) is 4.54. The predicted octanol–water partition coefficient (Wildman–Crippen LogP) is 2.34. The summed E-state index contributed by atoms with van der Waals surface area (Å²) in [5.41, 5.74) is 0.552. The molecule has 2 rings (SSSR count). The normalized spacial score (nSPS) is 17.7. The summed E-state index contributed by atoms with van der Waals surface area (Å²) in [4.78, 5) is 11.8. The molecule has 1 unspecified atom stereocenters. The van der Waals surface area contributed by atoms with E-state index >= 15 is 0 Å². The van der Waals surface area contributed by atoms with Gasteiger partial charge in [-0.3, -0.25) is 4.79 Å². The average Bonchev–Trinajstić information content (AvgIpc) is 2.84. The zero-order valence-electron chi connectivity index (χ0n) is 10.7. The van der Waals surface area contributed by atoms with Crippen LogP contribution in [0.2, 0.25) is 0 Å². The lowest BCUT2D eigenvalue weighted by Crippen LogP contribution is -2.27. The van der Waals surface area contributed by atoms with Gasteiger partial charge in [-0.05, 0) is 31.5 Å². The number of carbonyl (C=O) groups excluding carboxylic acids is 1. The van der Waals surface area contributed by atoms with Crippen molar-refractivity contribution in [2.24, 2.45) is 0 Å². The van der Waals surface area contributed by atoms with E-state index in [0.717, 1.165) is 19.4 Å². The SMILES string of the molecule is COc1cc(NC(=O)CC2CCCN2)ccc1F.Cl. The first-order chi connectivity index (χ1) is 8.69. The molecule has 0 bridgehead atoms. The van der Waals surface area contributed by atoms with Crippen molar-refractivity contribution in [1.82, 2.24) is 5.32 Å². The fourth-order valence-electron chi connectivity index (χ4n) is 2.10. The quantitative estimate of drug-likeness (QED) is 0.894. The fourth-order valence-corrected chi connectivity index (χ4v) is 2.10. The van der Waals surface area contributed by atoms with Crippen molar-refractivity contribution in [3.05, 3.63) is 24.0 Å². The van der Waals surface area contributed by atoms with Crippen molar-refractivity contribution in [3.63, 3.8) is 0 Å². The summed E-state index contributed by atoms with van der Waals surface area (Å²) in [5.74, 6) is -0.372. The molecule has 1 amide bonds. The van der Waals surface area contributed by atoms with Crippen molar-refractivity contribution in [2.75, 3.05) is 19.0 Å². The molecule has 0 saturated carbocycles. The van der Waals surface area contributed by atoms with Gasteiger partial charge < -0.3 is 15.4 Å². The maximum absolute atomic E-state index is 13.2. The first-order valence-corrected chi connectivity index (χ1v) is 6.06. The number of nitrogens with one attached hydrogen (secondary N) is 2. The van der Waals surface area contributed by atoms with Crippen LogP contribution < -0.4 is 15.4 Å². The first kappa shape index (κ1) is 15.7. The number of benzene rings is 1. The van der Waals surface area contributed by atoms with Crippen LogP contribution in [0.15, 0.2) is 18.2 Å². The summed E-state index contributed by atoms with van der Waals surface area (Å²) in [5, 5.41) is 6.00. The molecule has 2 N–H and O–H groups in total. The highest BCUT2D eigenvalue weighted by atomic mass is 35.5. The van der Waals surface area contributed by atoms with Crippen LogP contribution in [0.4, 0.5) is 10.1 Å². The van der Waals surface area contributed by atoms with E-state index in [-0.39, 0.29) is 30.1 Å². The van der Waals surface area contributed by atoms with E-state index < -0.39 is 5.82 Å². The largest absolute Gasteiger partial charge is 0.494 e. The lowest BCUT2D eigenvalue weighted by atomic mass is 10.1. The lowest BCUT2D eigenvalue weighted by Gasteiger charge is -2.11. The second kappa shape index (κ2) is 7.31. The first-order valence-electron chi connectivity index (χ1n) is 6.06. The molecule has 6 heteroatoms. The monoisotopic (exact) mass is 288 g/mol. The number of hydrogen-bond donors (Lipinski definition) is 2. The molecule has 1 saturated heterocycles. The van der Waals surface area contributed by atoms with Crippen LogP contribution in [-0.4, -0.2) is 25.6 Å². The molecule has 1 aromatic carbocycles. The van der Waals surface area contributed by atoms with Crippen molar-refractivity contribution in [2.45, 2.75) is 25.3 Å². The molecule has 0 aromatic heterocycles. The molecule has 0 radical (unpaired) electrons. The van der Waals surface area contributed by atoms with Crippen LogP contribution in [-0.2, 0) is 4.79 Å². The highest BCUT2D eigenvalue weighted by Gasteiger charge is 2.17. The van der Waals surface area contributed by atoms with Gasteiger partial charge in [-0.15, -0.1) is 12.4 Å². The number of amides is 1. The zero-order valence-corrected chi connectivity index (χ0v) is 11.6. The molecule has 106 valence electrons. The van der Waals surface area contributed by atoms with E-state index in [4.69, 9.17) is 4.74 Å². The van der Waals surface area contributed by atoms with Crippen LogP contribution in [0.25, 0.3) is 0 Å². The molecular formula is C13H18ClFN2O2. The molecule has 0 spiro atoms. The molecule has 1 atom stereocenters. The van der Waals surface area contributed by atoms with Gasteiger partial charge in [0, 0.05) is 24.2 Å². The van der Waals surface area contributed by atoms with Crippen molar-refractivity contribution >= 4 is 24.0 Å². The minimum absolute atomic E-state index is 0. The van der Waals surface area contributed by atoms with E-state index in [1.807, 2.05) is 0 Å². The zero-order chi connectivity index (χ0) is 13.0. The molecule has 1 fully saturated rings. The molecule has 1 aliphatic heterocycles. The van der Waals surface area contributed by atoms with Gasteiger partial charge in [0.25, 0.3) is 0 Å². The van der Waals surface area contributed by atoms with Gasteiger partial charge in [-0.25, -0.2) is 4.39 Å². The molecular weight excluding hydrogens is 271 g/mol. The van der Waals surface area contributed by atoms with Crippen molar-refractivity contribution < 1.29 is 13.9 Å². The Kier molecular flexibility index (Phi) is 6.05. The van der Waals surface area contributed by atoms with Crippen LogP contribution >= 0.6 is 12.4 Å². The summed E-state index contributed by atoms with van der Waals surface area (Å²) in [6.07, 6.45) is 2.59. The third kappa shape index (κ3) is 4.36. The van der Waals surface area contributed by atoms with E-state index in [0.29, 0.717) is 12.1 Å². The Morgan fingerprint density at radius 1 is 1.58 bits per heavy atom. The Hall–Kier alpha value is -1.33. The number of rotatable bonds is 4. The van der Waals surface area contributed by atoms with Gasteiger partial charge in [0.2, 0.25) is 5.91 Å². The van der Waals surface area contributed by atoms with Crippen LogP contribution in [0.3, 0.4) is 0 Å². The Bertz CT molecular complexity index is 437. The third-order valence-corrected chi connectivity index (χ3v) is 3.03. The average molecular weight is 289 g/mol. The highest BCUT2D eigenvalue weighted by molar-refractivity contribution is 5.91.